The summed E-state index contributed by atoms with van der Waals surface area (Å²) in [5.41, 5.74) is 3.18. The van der Waals surface area contributed by atoms with Gasteiger partial charge in [-0.25, -0.2) is 0 Å². The predicted molar refractivity (Wildman–Crippen MR) is 72.2 cm³/mol. The maximum absolute atomic E-state index is 2.45. The van der Waals surface area contributed by atoms with Gasteiger partial charge in [-0.2, -0.15) is 0 Å². The topological polar surface area (TPSA) is 0 Å². The third-order valence-electron chi connectivity index (χ3n) is 3.04. The fourth-order valence-corrected chi connectivity index (χ4v) is 1.82. The van der Waals surface area contributed by atoms with Crippen molar-refractivity contribution in [1.82, 2.24) is 0 Å². The molecule has 0 radical (unpaired) electrons. The van der Waals surface area contributed by atoms with Crippen LogP contribution in [0.5, 0.6) is 0 Å². The first-order chi connectivity index (χ1) is 6.47. The third-order valence-corrected chi connectivity index (χ3v) is 3.75. The van der Waals surface area contributed by atoms with Crippen molar-refractivity contribution in [2.75, 3.05) is 0 Å². The second kappa shape index (κ2) is 4.65. The van der Waals surface area contributed by atoms with Crippen LogP contribution in [-0.4, -0.2) is 0 Å². The van der Waals surface area contributed by atoms with E-state index in [1.54, 1.807) is 0 Å². The molecule has 0 spiro atoms. The van der Waals surface area contributed by atoms with Crippen molar-refractivity contribution >= 4 is 22.6 Å². The molecule has 0 aliphatic heterocycles. The van der Waals surface area contributed by atoms with Crippen molar-refractivity contribution in [2.24, 2.45) is 0 Å². The molecule has 0 amide bonds. The highest BCUT2D eigenvalue weighted by Crippen LogP contribution is 2.29. The molecule has 0 aliphatic carbocycles. The Labute approximate surface area is 101 Å². The largest absolute Gasteiger partial charge is 0.0777 e. The van der Waals surface area contributed by atoms with E-state index in [9.17, 15) is 0 Å². The molecule has 0 aliphatic rings. The van der Waals surface area contributed by atoms with Gasteiger partial charge in [0.1, 0.15) is 0 Å². The number of hydrogen-bond donors (Lipinski definition) is 0. The number of rotatable bonds is 3. The molecule has 1 rings (SSSR count). The molecular formula is C13H19I. The lowest BCUT2D eigenvalue weighted by atomic mass is 9.82. The lowest BCUT2D eigenvalue weighted by molar-refractivity contribution is 0.506. The molecule has 1 heteroatoms. The van der Waals surface area contributed by atoms with Gasteiger partial charge in [0.25, 0.3) is 0 Å². The molecule has 78 valence electrons. The van der Waals surface area contributed by atoms with Gasteiger partial charge in [-0.15, -0.1) is 0 Å². The molecule has 0 nitrogen and oxygen atoms in total. The van der Waals surface area contributed by atoms with Crippen LogP contribution in [0.25, 0.3) is 0 Å². The third kappa shape index (κ3) is 2.72. The summed E-state index contributed by atoms with van der Waals surface area (Å²) in [7, 11) is 0. The first-order valence-electron chi connectivity index (χ1n) is 5.22. The molecular weight excluding hydrogens is 283 g/mol. The van der Waals surface area contributed by atoms with Crippen LogP contribution < -0.4 is 0 Å². The van der Waals surface area contributed by atoms with E-state index < -0.39 is 0 Å². The summed E-state index contributed by atoms with van der Waals surface area (Å²) in [6, 6.07) is 9.05. The molecule has 1 aromatic rings. The normalized spacial score (nSPS) is 14.1. The van der Waals surface area contributed by atoms with Crippen LogP contribution in [0.4, 0.5) is 0 Å². The van der Waals surface area contributed by atoms with Crippen LogP contribution in [0.15, 0.2) is 24.3 Å². The van der Waals surface area contributed by atoms with Gasteiger partial charge in [-0.05, 0) is 29.9 Å². The van der Waals surface area contributed by atoms with Gasteiger partial charge in [-0.1, -0.05) is 67.6 Å². The highest BCUT2D eigenvalue weighted by atomic mass is 127. The van der Waals surface area contributed by atoms with Gasteiger partial charge in [0, 0.05) is 3.92 Å². The van der Waals surface area contributed by atoms with Gasteiger partial charge in [0.05, 0.1) is 0 Å². The Bertz CT molecular complexity index is 283. The van der Waals surface area contributed by atoms with E-state index in [2.05, 4.69) is 74.6 Å². The van der Waals surface area contributed by atoms with Crippen molar-refractivity contribution in [3.05, 3.63) is 35.4 Å². The maximum atomic E-state index is 2.45. The Morgan fingerprint density at radius 2 is 1.71 bits per heavy atom. The lowest BCUT2D eigenvalue weighted by Crippen LogP contribution is -2.15. The van der Waals surface area contributed by atoms with Crippen molar-refractivity contribution in [2.45, 2.75) is 43.5 Å². The highest BCUT2D eigenvalue weighted by molar-refractivity contribution is 14.1. The molecule has 0 unspecified atom stereocenters. The fraction of sp³-hybridized carbons (Fsp3) is 0.538. The summed E-state index contributed by atoms with van der Waals surface area (Å²) in [6.07, 6.45) is 1.19. The second-order valence-electron chi connectivity index (χ2n) is 4.48. The zero-order valence-electron chi connectivity index (χ0n) is 9.47. The average molecular weight is 302 g/mol. The number of benzene rings is 1. The zero-order chi connectivity index (χ0) is 10.8. The highest BCUT2D eigenvalue weighted by Gasteiger charge is 2.17. The Morgan fingerprint density at radius 3 is 2.07 bits per heavy atom. The number of hydrogen-bond acceptors (Lipinski definition) is 0. The Hall–Kier alpha value is -0.0500. The molecule has 0 bridgehead atoms. The van der Waals surface area contributed by atoms with E-state index in [4.69, 9.17) is 0 Å². The minimum atomic E-state index is 0.313. The fourth-order valence-electron chi connectivity index (χ4n) is 1.40. The van der Waals surface area contributed by atoms with Crippen LogP contribution in [0.2, 0.25) is 0 Å². The van der Waals surface area contributed by atoms with E-state index in [0.717, 1.165) is 0 Å². The van der Waals surface area contributed by atoms with Gasteiger partial charge in [0.15, 0.2) is 0 Å². The van der Waals surface area contributed by atoms with Crippen LogP contribution in [-0.2, 0) is 5.41 Å². The molecule has 0 saturated heterocycles. The van der Waals surface area contributed by atoms with Crippen LogP contribution in [0, 0.1) is 0 Å². The quantitative estimate of drug-likeness (QED) is 0.552. The number of halogens is 1. The smallest absolute Gasteiger partial charge is 0.0331 e. The molecule has 0 heterocycles. The number of alkyl halides is 1. The first-order valence-corrected chi connectivity index (χ1v) is 6.46. The van der Waals surface area contributed by atoms with E-state index in [1.807, 2.05) is 0 Å². The van der Waals surface area contributed by atoms with Crippen molar-refractivity contribution in [3.8, 4) is 0 Å². The minimum Gasteiger partial charge on any atom is -0.0777 e. The zero-order valence-corrected chi connectivity index (χ0v) is 11.6. The lowest BCUT2D eigenvalue weighted by Gasteiger charge is -2.23. The minimum absolute atomic E-state index is 0.313. The van der Waals surface area contributed by atoms with Gasteiger partial charge in [-0.3, -0.25) is 0 Å². The molecule has 0 N–H and O–H groups in total. The SMILES string of the molecule is CCC(C)(C)c1ccc([C@H](C)I)cc1. The van der Waals surface area contributed by atoms with Crippen molar-refractivity contribution in [3.63, 3.8) is 0 Å². The summed E-state index contributed by atoms with van der Waals surface area (Å²) in [4.78, 5) is 0. The van der Waals surface area contributed by atoms with Crippen LogP contribution >= 0.6 is 22.6 Å². The van der Waals surface area contributed by atoms with E-state index >= 15 is 0 Å². The summed E-state index contributed by atoms with van der Waals surface area (Å²) in [5, 5.41) is 0. The van der Waals surface area contributed by atoms with E-state index in [0.29, 0.717) is 9.34 Å². The van der Waals surface area contributed by atoms with Crippen molar-refractivity contribution < 1.29 is 0 Å². The first kappa shape index (κ1) is 12.0. The summed E-state index contributed by atoms with van der Waals surface area (Å²) in [6.45, 7) is 9.07. The van der Waals surface area contributed by atoms with E-state index in [1.165, 1.54) is 17.5 Å². The Morgan fingerprint density at radius 1 is 1.21 bits per heavy atom. The molecule has 0 saturated carbocycles. The Kier molecular flexibility index (Phi) is 3.99. The predicted octanol–water partition coefficient (Wildman–Crippen LogP) is 4.87. The van der Waals surface area contributed by atoms with E-state index in [-0.39, 0.29) is 0 Å². The average Bonchev–Trinajstić information content (AvgIpc) is 2.18. The van der Waals surface area contributed by atoms with Crippen LogP contribution in [0.3, 0.4) is 0 Å². The molecule has 1 atom stereocenters. The maximum Gasteiger partial charge on any atom is 0.0331 e. The molecule has 0 fully saturated rings. The van der Waals surface area contributed by atoms with Gasteiger partial charge < -0.3 is 0 Å². The second-order valence-corrected chi connectivity index (χ2v) is 6.34. The monoisotopic (exact) mass is 302 g/mol. The van der Waals surface area contributed by atoms with Gasteiger partial charge in [0.2, 0.25) is 0 Å². The molecule has 1 aromatic carbocycles. The standard InChI is InChI=1S/C13H19I/c1-5-13(3,4)12-8-6-11(7-9-12)10(2)14/h6-10H,5H2,1-4H3/t10-/m0/s1. The van der Waals surface area contributed by atoms with Crippen molar-refractivity contribution in [1.29, 1.82) is 0 Å². The molecule has 0 aromatic heterocycles. The van der Waals surface area contributed by atoms with Gasteiger partial charge >= 0.3 is 0 Å². The summed E-state index contributed by atoms with van der Waals surface area (Å²) < 4.78 is 0.603. The Balaban J connectivity index is 2.94. The van der Waals surface area contributed by atoms with Crippen LogP contribution in [0.1, 0.15) is 49.2 Å². The summed E-state index contributed by atoms with van der Waals surface area (Å²) in [5.74, 6) is 0. The molecule has 14 heavy (non-hydrogen) atoms. The summed E-state index contributed by atoms with van der Waals surface area (Å²) >= 11 is 2.45.